The summed E-state index contributed by atoms with van der Waals surface area (Å²) in [4.78, 5) is 16.9. The Bertz CT molecular complexity index is 1310. The summed E-state index contributed by atoms with van der Waals surface area (Å²) < 4.78 is 50.7. The number of alkyl halides is 3. The molecule has 4 rings (SSSR count). The molecule has 0 saturated heterocycles. The lowest BCUT2D eigenvalue weighted by molar-refractivity contribution is -0.137. The first-order chi connectivity index (χ1) is 18.4. The van der Waals surface area contributed by atoms with Gasteiger partial charge in [-0.2, -0.15) is 13.2 Å². The van der Waals surface area contributed by atoms with Gasteiger partial charge in [0.2, 0.25) is 0 Å². The van der Waals surface area contributed by atoms with Crippen molar-refractivity contribution in [1.82, 2.24) is 4.98 Å². The smallest absolute Gasteiger partial charge is 0.410 e. The number of fused-ring (bicyclic) bond motifs is 1. The zero-order valence-electron chi connectivity index (χ0n) is 25.3. The third-order valence-corrected chi connectivity index (χ3v) is 13.7. The zero-order chi connectivity index (χ0) is 29.8. The van der Waals surface area contributed by atoms with E-state index in [2.05, 4.69) is 54.3 Å². The van der Waals surface area contributed by atoms with E-state index in [4.69, 9.17) is 9.41 Å². The molecule has 7 heteroatoms. The quantitative estimate of drug-likeness (QED) is 0.256. The van der Waals surface area contributed by atoms with Crippen LogP contribution in [0.1, 0.15) is 124 Å². The van der Waals surface area contributed by atoms with Crippen LogP contribution in [0.25, 0.3) is 16.7 Å². The second kappa shape index (κ2) is 10.5. The van der Waals surface area contributed by atoms with Crippen molar-refractivity contribution in [2.75, 3.05) is 0 Å². The number of aldehydes is 1. The largest absolute Gasteiger partial charge is 0.417 e. The van der Waals surface area contributed by atoms with E-state index in [1.54, 1.807) is 0 Å². The van der Waals surface area contributed by atoms with Crippen molar-refractivity contribution in [2.24, 2.45) is 5.41 Å². The van der Waals surface area contributed by atoms with Crippen molar-refractivity contribution in [3.05, 3.63) is 58.4 Å². The average molecular weight is 572 g/mol. The Morgan fingerprint density at radius 2 is 1.75 bits per heavy atom. The Balaban J connectivity index is 2.14. The van der Waals surface area contributed by atoms with Gasteiger partial charge in [0.1, 0.15) is 6.29 Å². The third-order valence-electron chi connectivity index (χ3n) is 9.23. The number of hydrogen-bond donors (Lipinski definition) is 0. The van der Waals surface area contributed by atoms with Gasteiger partial charge in [0.05, 0.1) is 17.4 Å². The highest BCUT2D eigenvalue weighted by Gasteiger charge is 2.46. The number of carbonyl (C=O) groups excluding carboxylic acids is 1. The number of rotatable bonds is 6. The number of nitrogens with zero attached hydrogens (tertiary/aromatic N) is 1. The number of allylic oxidation sites excluding steroid dienone is 1. The summed E-state index contributed by atoms with van der Waals surface area (Å²) >= 11 is 0. The Morgan fingerprint density at radius 3 is 2.27 bits per heavy atom. The summed E-state index contributed by atoms with van der Waals surface area (Å²) in [6.45, 7) is 21.5. The van der Waals surface area contributed by atoms with Gasteiger partial charge < -0.3 is 4.43 Å². The van der Waals surface area contributed by atoms with Crippen LogP contribution in [0.5, 0.6) is 0 Å². The molecule has 0 bridgehead atoms. The lowest BCUT2D eigenvalue weighted by Crippen LogP contribution is -2.44. The first-order valence-electron chi connectivity index (χ1n) is 14.4. The molecule has 1 saturated carbocycles. The lowest BCUT2D eigenvalue weighted by atomic mass is 9.70. The standard InChI is InChI=1S/C33H44F3NO2Si/c1-20(2)30-28(23-16-21(19-38)14-15-24(23)33(34,35)36)27(22-12-10-11-13-22)29-25(37-30)17-32(6,7)18-26(29)39-40(8,9)31(3,4)5/h14-16,19,22,26H,1,10-13,17-18H2,2-9H3/t26-/m0/s1. The van der Waals surface area contributed by atoms with E-state index >= 15 is 0 Å². The van der Waals surface area contributed by atoms with Crippen molar-refractivity contribution in [3.8, 4) is 11.1 Å². The van der Waals surface area contributed by atoms with E-state index < -0.39 is 20.1 Å². The van der Waals surface area contributed by atoms with Gasteiger partial charge in [-0.05, 0) is 90.9 Å². The average Bonchev–Trinajstić information content (AvgIpc) is 3.34. The fourth-order valence-corrected chi connectivity index (χ4v) is 7.50. The van der Waals surface area contributed by atoms with E-state index in [9.17, 15) is 18.0 Å². The van der Waals surface area contributed by atoms with E-state index in [1.165, 1.54) is 12.1 Å². The Hall–Kier alpha value is -2.25. The number of carbonyl (C=O) groups is 1. The summed E-state index contributed by atoms with van der Waals surface area (Å²) in [5.41, 5.74) is 3.84. The molecule has 0 radical (unpaired) electrons. The van der Waals surface area contributed by atoms with Crippen LogP contribution in [0.3, 0.4) is 0 Å². The van der Waals surface area contributed by atoms with Crippen molar-refractivity contribution < 1.29 is 22.4 Å². The van der Waals surface area contributed by atoms with Gasteiger partial charge >= 0.3 is 6.18 Å². The minimum Gasteiger partial charge on any atom is -0.410 e. The predicted octanol–water partition coefficient (Wildman–Crippen LogP) is 10.3. The van der Waals surface area contributed by atoms with Crippen LogP contribution < -0.4 is 0 Å². The fraction of sp³-hybridized carbons (Fsp3) is 0.576. The van der Waals surface area contributed by atoms with Gasteiger partial charge in [0.15, 0.2) is 8.32 Å². The molecule has 0 unspecified atom stereocenters. The highest BCUT2D eigenvalue weighted by Crippen LogP contribution is 2.54. The Labute approximate surface area is 238 Å². The van der Waals surface area contributed by atoms with Crippen LogP contribution in [0.2, 0.25) is 18.1 Å². The number of halogens is 3. The van der Waals surface area contributed by atoms with E-state index in [0.29, 0.717) is 23.1 Å². The molecule has 1 atom stereocenters. The fourth-order valence-electron chi connectivity index (χ4n) is 6.23. The maximum atomic E-state index is 14.5. The van der Waals surface area contributed by atoms with E-state index in [1.807, 2.05) is 6.92 Å². The summed E-state index contributed by atoms with van der Waals surface area (Å²) in [7, 11) is -2.25. The van der Waals surface area contributed by atoms with Gasteiger partial charge in [-0.1, -0.05) is 60.1 Å². The second-order valence-corrected chi connectivity index (χ2v) is 19.0. The SMILES string of the molecule is C=C(C)c1nc2c(c(C3CCCC3)c1-c1cc(C=O)ccc1C(F)(F)F)[C@@H](O[Si](C)(C)C(C)(C)C)CC(C)(C)C2. The van der Waals surface area contributed by atoms with Crippen LogP contribution in [-0.2, 0) is 17.0 Å². The van der Waals surface area contributed by atoms with Crippen LogP contribution in [0.4, 0.5) is 13.2 Å². The number of hydrogen-bond acceptors (Lipinski definition) is 3. The zero-order valence-corrected chi connectivity index (χ0v) is 26.3. The monoisotopic (exact) mass is 571 g/mol. The minimum absolute atomic E-state index is 0.0169. The van der Waals surface area contributed by atoms with Crippen molar-refractivity contribution in [2.45, 2.75) is 116 Å². The molecule has 40 heavy (non-hydrogen) atoms. The van der Waals surface area contributed by atoms with Crippen molar-refractivity contribution in [3.63, 3.8) is 0 Å². The molecule has 3 nitrogen and oxygen atoms in total. The van der Waals surface area contributed by atoms with E-state index in [0.717, 1.165) is 61.4 Å². The molecule has 0 spiro atoms. The highest BCUT2D eigenvalue weighted by atomic mass is 28.4. The van der Waals surface area contributed by atoms with Crippen LogP contribution in [0, 0.1) is 5.41 Å². The Morgan fingerprint density at radius 1 is 1.12 bits per heavy atom. The molecule has 0 aliphatic heterocycles. The molecule has 1 fully saturated rings. The lowest BCUT2D eigenvalue weighted by Gasteiger charge is -2.45. The van der Waals surface area contributed by atoms with Crippen molar-refractivity contribution in [1.29, 1.82) is 0 Å². The van der Waals surface area contributed by atoms with Crippen LogP contribution in [-0.4, -0.2) is 19.6 Å². The Kier molecular flexibility index (Phi) is 8.09. The van der Waals surface area contributed by atoms with Gasteiger partial charge in [-0.3, -0.25) is 9.78 Å². The molecular weight excluding hydrogens is 527 g/mol. The summed E-state index contributed by atoms with van der Waals surface area (Å²) in [5, 5.41) is -0.0298. The second-order valence-electron chi connectivity index (χ2n) is 14.2. The number of benzene rings is 1. The maximum absolute atomic E-state index is 14.5. The van der Waals surface area contributed by atoms with Gasteiger partial charge in [0.25, 0.3) is 0 Å². The molecule has 1 aromatic heterocycles. The topological polar surface area (TPSA) is 39.2 Å². The molecule has 218 valence electrons. The summed E-state index contributed by atoms with van der Waals surface area (Å²) in [6.07, 6.45) is 1.13. The summed E-state index contributed by atoms with van der Waals surface area (Å²) in [6, 6.07) is 3.67. The van der Waals surface area contributed by atoms with Crippen molar-refractivity contribution >= 4 is 20.2 Å². The predicted molar refractivity (Wildman–Crippen MR) is 159 cm³/mol. The first kappa shape index (κ1) is 30.7. The van der Waals surface area contributed by atoms with E-state index in [-0.39, 0.29) is 33.6 Å². The molecule has 0 N–H and O–H groups in total. The maximum Gasteiger partial charge on any atom is 0.417 e. The van der Waals surface area contributed by atoms with Gasteiger partial charge in [-0.25, -0.2) is 0 Å². The van der Waals surface area contributed by atoms with Gasteiger partial charge in [-0.15, -0.1) is 0 Å². The van der Waals surface area contributed by atoms with Crippen LogP contribution in [0.15, 0.2) is 24.8 Å². The minimum atomic E-state index is -4.59. The van der Waals surface area contributed by atoms with Gasteiger partial charge in [0, 0.05) is 22.4 Å². The molecule has 1 heterocycles. The normalized spacial score (nSPS) is 19.9. The molecule has 2 aromatic rings. The first-order valence-corrected chi connectivity index (χ1v) is 17.3. The number of aromatic nitrogens is 1. The molecule has 1 aromatic carbocycles. The molecule has 0 amide bonds. The highest BCUT2D eigenvalue weighted by molar-refractivity contribution is 6.74. The molecule has 2 aliphatic rings. The third kappa shape index (κ3) is 5.87. The number of pyridine rings is 1. The summed E-state index contributed by atoms with van der Waals surface area (Å²) in [5.74, 6) is 0.0950. The molecule has 2 aliphatic carbocycles. The molecular formula is C33H44F3NO2Si. The van der Waals surface area contributed by atoms with Crippen LogP contribution >= 0.6 is 0 Å².